The molecular formula is C25H26ClN9O10S3. The molecule has 256 valence electrons. The fourth-order valence-electron chi connectivity index (χ4n) is 4.87. The molecule has 23 heteroatoms. The van der Waals surface area contributed by atoms with Crippen LogP contribution >= 0.6 is 11.6 Å². The number of nitrogens with two attached hydrogens (primary N) is 1. The van der Waals surface area contributed by atoms with Crippen molar-refractivity contribution in [3.63, 3.8) is 0 Å². The number of aromatic hydroxyl groups is 1. The first-order chi connectivity index (χ1) is 22.5. The Hall–Kier alpha value is -4.13. The molecular weight excluding hydrogens is 718 g/mol. The van der Waals surface area contributed by atoms with Crippen LogP contribution < -0.4 is 16.0 Å². The number of hydrogen-bond acceptors (Lipinski definition) is 16. The highest BCUT2D eigenvalue weighted by atomic mass is 35.5. The van der Waals surface area contributed by atoms with Gasteiger partial charge in [-0.2, -0.15) is 40.2 Å². The molecule has 0 unspecified atom stereocenters. The van der Waals surface area contributed by atoms with E-state index >= 15 is 0 Å². The molecule has 0 amide bonds. The van der Waals surface area contributed by atoms with Gasteiger partial charge in [0.2, 0.25) is 17.2 Å². The lowest BCUT2D eigenvalue weighted by molar-refractivity contribution is 0.263. The first-order valence-electron chi connectivity index (χ1n) is 13.6. The smallest absolute Gasteiger partial charge is 0.296 e. The van der Waals surface area contributed by atoms with E-state index in [4.69, 9.17) is 17.3 Å². The van der Waals surface area contributed by atoms with Gasteiger partial charge in [-0.1, -0.05) is 12.1 Å². The second-order valence-electron chi connectivity index (χ2n) is 10.2. The largest absolute Gasteiger partial charge is 0.505 e. The minimum atomic E-state index is -5.22. The van der Waals surface area contributed by atoms with Gasteiger partial charge in [-0.05, 0) is 47.3 Å². The molecule has 0 radical (unpaired) electrons. The zero-order valence-corrected chi connectivity index (χ0v) is 27.5. The van der Waals surface area contributed by atoms with Crippen molar-refractivity contribution in [2.24, 2.45) is 16.0 Å². The Labute approximate surface area is 278 Å². The highest BCUT2D eigenvalue weighted by Gasteiger charge is 2.27. The number of phenols is 1. The number of nitrogens with one attached hydrogen (secondary N) is 1. The summed E-state index contributed by atoms with van der Waals surface area (Å²) < 4.78 is 102. The highest BCUT2D eigenvalue weighted by Crippen LogP contribution is 2.46. The number of piperazine rings is 1. The molecule has 7 N–H and O–H groups in total. The molecule has 2 heterocycles. The zero-order valence-electron chi connectivity index (χ0n) is 24.3. The maximum Gasteiger partial charge on any atom is 0.296 e. The standard InChI is InChI=1S/C25H26ClN9O10S3/c26-23-29-24(31-25(30-23)35-9-7-34(6-5-27)8-10-35)28-17-13-15(46(37,38)39)11-14-12-19(48(43,44)45)21(22(36)20(14)17)33-32-16-3-1-2-4-18(16)47(40,41)42/h1-4,11-13,36H,5-10,27H2,(H,37,38,39)(H,40,41,42)(H,43,44,45)(H,28,29,30,31). The van der Waals surface area contributed by atoms with Crippen molar-refractivity contribution < 1.29 is 44.0 Å². The summed E-state index contributed by atoms with van der Waals surface area (Å²) in [5, 5.41) is 20.5. The molecule has 1 aliphatic rings. The predicted octanol–water partition coefficient (Wildman–Crippen LogP) is 2.36. The van der Waals surface area contributed by atoms with E-state index in [0.717, 1.165) is 30.3 Å². The number of anilines is 3. The third-order valence-corrected chi connectivity index (χ3v) is 9.81. The Balaban J connectivity index is 1.68. The van der Waals surface area contributed by atoms with Crippen molar-refractivity contribution in [3.8, 4) is 5.75 Å². The molecule has 19 nitrogen and oxygen atoms in total. The Morgan fingerprint density at radius 3 is 2.15 bits per heavy atom. The molecule has 1 aliphatic heterocycles. The maximum atomic E-state index is 12.4. The van der Waals surface area contributed by atoms with E-state index in [9.17, 15) is 44.0 Å². The number of nitrogens with zero attached hydrogens (tertiary/aromatic N) is 7. The van der Waals surface area contributed by atoms with Gasteiger partial charge in [0.15, 0.2) is 5.75 Å². The lowest BCUT2D eigenvalue weighted by atomic mass is 10.1. The van der Waals surface area contributed by atoms with Crippen molar-refractivity contribution in [1.29, 1.82) is 0 Å². The fraction of sp³-hybridized carbons (Fsp3) is 0.240. The number of phenolic OH excluding ortho intramolecular Hbond substituents is 1. The number of hydrogen-bond donors (Lipinski definition) is 6. The molecule has 1 fully saturated rings. The van der Waals surface area contributed by atoms with Crippen LogP contribution in [0.1, 0.15) is 0 Å². The minimum absolute atomic E-state index is 0.157. The van der Waals surface area contributed by atoms with Gasteiger partial charge in [-0.3, -0.25) is 18.6 Å². The quantitative estimate of drug-likeness (QED) is 0.100. The summed E-state index contributed by atoms with van der Waals surface area (Å²) >= 11 is 6.18. The fourth-order valence-corrected chi connectivity index (χ4v) is 6.85. The van der Waals surface area contributed by atoms with Gasteiger partial charge in [0.05, 0.1) is 10.6 Å². The van der Waals surface area contributed by atoms with Gasteiger partial charge in [0, 0.05) is 44.7 Å². The molecule has 0 bridgehead atoms. The van der Waals surface area contributed by atoms with Crippen LogP contribution in [0.5, 0.6) is 5.75 Å². The third-order valence-electron chi connectivity index (χ3n) is 7.04. The van der Waals surface area contributed by atoms with Crippen LogP contribution in [-0.2, 0) is 30.4 Å². The van der Waals surface area contributed by atoms with Gasteiger partial charge in [-0.15, -0.1) is 10.2 Å². The van der Waals surface area contributed by atoms with Gasteiger partial charge in [0.1, 0.15) is 21.2 Å². The number of benzene rings is 3. The van der Waals surface area contributed by atoms with E-state index in [-0.39, 0.29) is 33.6 Å². The number of azo groups is 1. The summed E-state index contributed by atoms with van der Waals surface area (Å²) in [5.41, 5.74) is 3.97. The topological polar surface area (TPSA) is 291 Å². The van der Waals surface area contributed by atoms with Gasteiger partial charge in [0.25, 0.3) is 30.4 Å². The average molecular weight is 744 g/mol. The van der Waals surface area contributed by atoms with E-state index in [1.807, 2.05) is 4.90 Å². The zero-order chi connectivity index (χ0) is 35.0. The molecule has 1 saturated heterocycles. The first kappa shape index (κ1) is 35.2. The lowest BCUT2D eigenvalue weighted by Crippen LogP contribution is -2.48. The summed E-state index contributed by atoms with van der Waals surface area (Å²) in [6.45, 7) is 3.51. The van der Waals surface area contributed by atoms with Crippen LogP contribution in [0.2, 0.25) is 5.28 Å². The maximum absolute atomic E-state index is 12.4. The van der Waals surface area contributed by atoms with Crippen LogP contribution in [0.4, 0.5) is 29.0 Å². The van der Waals surface area contributed by atoms with E-state index in [1.165, 1.54) is 12.1 Å². The van der Waals surface area contributed by atoms with E-state index in [2.05, 4.69) is 35.4 Å². The molecule has 0 spiro atoms. The van der Waals surface area contributed by atoms with Crippen LogP contribution in [-0.4, -0.2) is 103 Å². The molecule has 0 aliphatic carbocycles. The molecule has 48 heavy (non-hydrogen) atoms. The molecule has 0 atom stereocenters. The first-order valence-corrected chi connectivity index (χ1v) is 18.3. The van der Waals surface area contributed by atoms with Gasteiger partial charge < -0.3 is 21.1 Å². The van der Waals surface area contributed by atoms with Crippen LogP contribution in [0.15, 0.2) is 67.4 Å². The van der Waals surface area contributed by atoms with E-state index in [0.29, 0.717) is 39.3 Å². The van der Waals surface area contributed by atoms with Crippen molar-refractivity contribution in [2.75, 3.05) is 49.5 Å². The SMILES string of the molecule is NCCN1CCN(c2nc(Cl)nc(Nc3cc(S(=O)(=O)O)cc4cc(S(=O)(=O)O)c(N=Nc5ccccc5S(=O)(=O)O)c(O)c34)n2)CC1. The van der Waals surface area contributed by atoms with Crippen LogP contribution in [0.25, 0.3) is 10.8 Å². The molecule has 0 saturated carbocycles. The van der Waals surface area contributed by atoms with Crippen molar-refractivity contribution in [2.45, 2.75) is 14.7 Å². The second kappa shape index (κ2) is 13.4. The summed E-state index contributed by atoms with van der Waals surface area (Å²) in [5.74, 6) is -1.08. The summed E-state index contributed by atoms with van der Waals surface area (Å²) in [6, 6.07) is 7.13. The van der Waals surface area contributed by atoms with Gasteiger partial charge in [-0.25, -0.2) is 0 Å². The van der Waals surface area contributed by atoms with Gasteiger partial charge >= 0.3 is 0 Å². The van der Waals surface area contributed by atoms with Crippen LogP contribution in [0.3, 0.4) is 0 Å². The molecule has 1 aromatic heterocycles. The molecule has 4 aromatic rings. The summed E-state index contributed by atoms with van der Waals surface area (Å²) in [4.78, 5) is 13.9. The van der Waals surface area contributed by atoms with Crippen LogP contribution in [0, 0.1) is 0 Å². The summed E-state index contributed by atoms with van der Waals surface area (Å²) in [6.07, 6.45) is 0. The monoisotopic (exact) mass is 743 g/mol. The Morgan fingerprint density at radius 1 is 0.854 bits per heavy atom. The number of aromatic nitrogens is 3. The molecule has 5 rings (SSSR count). The highest BCUT2D eigenvalue weighted by molar-refractivity contribution is 7.86. The minimum Gasteiger partial charge on any atom is -0.505 e. The van der Waals surface area contributed by atoms with Crippen molar-refractivity contribution in [1.82, 2.24) is 19.9 Å². The van der Waals surface area contributed by atoms with E-state index < -0.39 is 62.2 Å². The number of rotatable bonds is 10. The Morgan fingerprint density at radius 2 is 1.52 bits per heavy atom. The van der Waals surface area contributed by atoms with E-state index in [1.54, 1.807) is 0 Å². The predicted molar refractivity (Wildman–Crippen MR) is 172 cm³/mol. The Kier molecular flexibility index (Phi) is 9.83. The number of fused-ring (bicyclic) bond motifs is 1. The van der Waals surface area contributed by atoms with Crippen molar-refractivity contribution >= 4 is 81.7 Å². The number of halogens is 1. The summed E-state index contributed by atoms with van der Waals surface area (Å²) in [7, 11) is -15.0. The average Bonchev–Trinajstić information content (AvgIpc) is 2.99. The lowest BCUT2D eigenvalue weighted by Gasteiger charge is -2.34. The Bertz CT molecular complexity index is 2270. The normalized spacial score (nSPS) is 15.0. The molecule has 3 aromatic carbocycles. The third kappa shape index (κ3) is 7.77. The second-order valence-corrected chi connectivity index (χ2v) is 14.7. The van der Waals surface area contributed by atoms with Crippen molar-refractivity contribution in [3.05, 3.63) is 47.7 Å².